The van der Waals surface area contributed by atoms with E-state index < -0.39 is 0 Å². The van der Waals surface area contributed by atoms with Crippen molar-refractivity contribution in [1.29, 1.82) is 0 Å². The van der Waals surface area contributed by atoms with Gasteiger partial charge < -0.3 is 15.2 Å². The molecule has 0 radical (unpaired) electrons. The smallest absolute Gasteiger partial charge is 0.314 e. The lowest BCUT2D eigenvalue weighted by Gasteiger charge is -2.23. The zero-order valence-electron chi connectivity index (χ0n) is 20.9. The Balaban J connectivity index is 1.60. The highest BCUT2D eigenvalue weighted by molar-refractivity contribution is 7.98. The number of thioether (sulfide) groups is 1. The molecule has 6 nitrogen and oxygen atoms in total. The molecule has 0 bridgehead atoms. The standard InChI is InChI=1S/C27H39FN4O2S/c1-2-3-4-5-6-7-8-9-10-15-32-19-23(16-22-17-29-26(34)30-18-22)25(33)31-27(32)35-20-21-11-13-24(28)14-12-21/h11-14,19,22H,2-10,15-18,20H2,1H3,(H2,29,30,34). The Labute approximate surface area is 212 Å². The largest absolute Gasteiger partial charge is 0.338 e. The molecule has 35 heavy (non-hydrogen) atoms. The van der Waals surface area contributed by atoms with E-state index in [0.29, 0.717) is 36.0 Å². The van der Waals surface area contributed by atoms with Crippen LogP contribution >= 0.6 is 11.8 Å². The topological polar surface area (TPSA) is 76.0 Å². The van der Waals surface area contributed by atoms with Gasteiger partial charge in [0.05, 0.1) is 0 Å². The van der Waals surface area contributed by atoms with Gasteiger partial charge in [-0.05, 0) is 36.5 Å². The van der Waals surface area contributed by atoms with Crippen molar-refractivity contribution in [3.8, 4) is 0 Å². The van der Waals surface area contributed by atoms with Crippen molar-refractivity contribution >= 4 is 17.8 Å². The summed E-state index contributed by atoms with van der Waals surface area (Å²) in [6, 6.07) is 6.29. The second-order valence-corrected chi connectivity index (χ2v) is 10.4. The molecule has 8 heteroatoms. The summed E-state index contributed by atoms with van der Waals surface area (Å²) in [4.78, 5) is 28.6. The zero-order valence-corrected chi connectivity index (χ0v) is 21.7. The molecule has 0 atom stereocenters. The maximum Gasteiger partial charge on any atom is 0.314 e. The Morgan fingerprint density at radius 2 is 1.60 bits per heavy atom. The Morgan fingerprint density at radius 3 is 2.26 bits per heavy atom. The van der Waals surface area contributed by atoms with E-state index in [0.717, 1.165) is 24.9 Å². The molecule has 0 saturated carbocycles. The third-order valence-corrected chi connectivity index (χ3v) is 7.49. The number of unbranched alkanes of at least 4 members (excludes halogenated alkanes) is 8. The number of hydrogen-bond donors (Lipinski definition) is 2. The minimum absolute atomic E-state index is 0.158. The van der Waals surface area contributed by atoms with Gasteiger partial charge in [-0.2, -0.15) is 4.98 Å². The first-order valence-electron chi connectivity index (χ1n) is 13.0. The Bertz CT molecular complexity index is 970. The van der Waals surface area contributed by atoms with Crippen molar-refractivity contribution in [3.05, 3.63) is 57.8 Å². The number of rotatable bonds is 15. The van der Waals surface area contributed by atoms with Crippen LogP contribution in [-0.2, 0) is 18.7 Å². The average molecular weight is 503 g/mol. The number of carbonyl (C=O) groups is 1. The van der Waals surface area contributed by atoms with Crippen LogP contribution in [0.3, 0.4) is 0 Å². The summed E-state index contributed by atoms with van der Waals surface area (Å²) in [5, 5.41) is 6.31. The molecule has 2 aromatic rings. The number of benzene rings is 1. The van der Waals surface area contributed by atoms with Gasteiger partial charge in [-0.15, -0.1) is 0 Å². The van der Waals surface area contributed by atoms with E-state index in [1.165, 1.54) is 68.8 Å². The second kappa shape index (κ2) is 14.9. The minimum atomic E-state index is -0.253. The molecule has 1 aliphatic heterocycles. The maximum atomic E-state index is 13.2. The molecule has 0 aliphatic carbocycles. The van der Waals surface area contributed by atoms with Crippen molar-refractivity contribution in [2.24, 2.45) is 5.92 Å². The van der Waals surface area contributed by atoms with E-state index in [1.54, 1.807) is 12.1 Å². The third kappa shape index (κ3) is 9.67. The normalized spacial score (nSPS) is 14.1. The van der Waals surface area contributed by atoms with Crippen LogP contribution in [0.1, 0.15) is 75.8 Å². The SMILES string of the molecule is CCCCCCCCCCCn1cc(CC2CNC(=O)NC2)c(=O)nc1SCc1ccc(F)cc1. The third-order valence-electron chi connectivity index (χ3n) is 6.42. The number of amides is 2. The van der Waals surface area contributed by atoms with Crippen LogP contribution in [0.5, 0.6) is 0 Å². The van der Waals surface area contributed by atoms with Gasteiger partial charge >= 0.3 is 6.03 Å². The van der Waals surface area contributed by atoms with Crippen LogP contribution in [-0.4, -0.2) is 28.7 Å². The van der Waals surface area contributed by atoms with Gasteiger partial charge in [0.25, 0.3) is 5.56 Å². The number of nitrogens with one attached hydrogen (secondary N) is 2. The minimum Gasteiger partial charge on any atom is -0.338 e. The lowest BCUT2D eigenvalue weighted by atomic mass is 10.00. The molecule has 3 rings (SSSR count). The van der Waals surface area contributed by atoms with Gasteiger partial charge in [0.2, 0.25) is 0 Å². The monoisotopic (exact) mass is 502 g/mol. The molecular weight excluding hydrogens is 463 g/mol. The molecule has 1 aromatic carbocycles. The number of hydrogen-bond acceptors (Lipinski definition) is 4. The molecule has 1 aliphatic rings. The van der Waals surface area contributed by atoms with Gasteiger partial charge in [-0.3, -0.25) is 4.79 Å². The van der Waals surface area contributed by atoms with Crippen molar-refractivity contribution in [2.45, 2.75) is 88.6 Å². The van der Waals surface area contributed by atoms with Crippen molar-refractivity contribution in [2.75, 3.05) is 13.1 Å². The molecular formula is C27H39FN4O2S. The number of aryl methyl sites for hydroxylation is 1. The number of urea groups is 1. The summed E-state index contributed by atoms with van der Waals surface area (Å²) in [5.74, 6) is 0.542. The van der Waals surface area contributed by atoms with Crippen LogP contribution in [0.4, 0.5) is 9.18 Å². The molecule has 1 aromatic heterocycles. The second-order valence-electron chi connectivity index (χ2n) is 9.45. The summed E-state index contributed by atoms with van der Waals surface area (Å²) in [7, 11) is 0. The van der Waals surface area contributed by atoms with Crippen LogP contribution in [0.15, 0.2) is 40.4 Å². The van der Waals surface area contributed by atoms with Gasteiger partial charge in [0.15, 0.2) is 5.16 Å². The van der Waals surface area contributed by atoms with Crippen LogP contribution in [0.25, 0.3) is 0 Å². The fraction of sp³-hybridized carbons (Fsp3) is 0.593. The maximum absolute atomic E-state index is 13.2. The van der Waals surface area contributed by atoms with Crippen molar-refractivity contribution < 1.29 is 9.18 Å². The highest BCUT2D eigenvalue weighted by Crippen LogP contribution is 2.22. The quantitative estimate of drug-likeness (QED) is 0.187. The molecule has 0 unspecified atom stereocenters. The van der Waals surface area contributed by atoms with Crippen LogP contribution in [0.2, 0.25) is 0 Å². The predicted molar refractivity (Wildman–Crippen MR) is 140 cm³/mol. The predicted octanol–water partition coefficient (Wildman–Crippen LogP) is 5.68. The Hall–Kier alpha value is -2.35. The molecule has 1 fully saturated rings. The first-order valence-corrected chi connectivity index (χ1v) is 14.0. The number of halogens is 1. The Morgan fingerprint density at radius 1 is 0.971 bits per heavy atom. The van der Waals surface area contributed by atoms with E-state index in [-0.39, 0.29) is 23.3 Å². The molecule has 2 amide bonds. The average Bonchev–Trinajstić information content (AvgIpc) is 2.86. The van der Waals surface area contributed by atoms with Gasteiger partial charge in [0.1, 0.15) is 5.82 Å². The Kier molecular flexibility index (Phi) is 11.6. The first-order chi connectivity index (χ1) is 17.0. The van der Waals surface area contributed by atoms with Gasteiger partial charge in [0, 0.05) is 37.1 Å². The summed E-state index contributed by atoms with van der Waals surface area (Å²) in [6.07, 6.45) is 13.9. The van der Waals surface area contributed by atoms with Crippen LogP contribution < -0.4 is 16.2 Å². The molecule has 192 valence electrons. The summed E-state index contributed by atoms with van der Waals surface area (Å²) < 4.78 is 15.4. The van der Waals surface area contributed by atoms with Gasteiger partial charge in [-0.1, -0.05) is 82.2 Å². The van der Waals surface area contributed by atoms with Crippen molar-refractivity contribution in [3.63, 3.8) is 0 Å². The van der Waals surface area contributed by atoms with E-state index >= 15 is 0 Å². The molecule has 0 spiro atoms. The molecule has 1 saturated heterocycles. The number of nitrogens with zero attached hydrogens (tertiary/aromatic N) is 2. The van der Waals surface area contributed by atoms with E-state index in [9.17, 15) is 14.0 Å². The van der Waals surface area contributed by atoms with E-state index in [4.69, 9.17) is 0 Å². The first kappa shape index (κ1) is 27.2. The lowest BCUT2D eigenvalue weighted by molar-refractivity contribution is 0.228. The summed E-state index contributed by atoms with van der Waals surface area (Å²) in [6.45, 7) is 4.18. The highest BCUT2D eigenvalue weighted by atomic mass is 32.2. The van der Waals surface area contributed by atoms with Crippen molar-refractivity contribution in [1.82, 2.24) is 20.2 Å². The lowest BCUT2D eigenvalue weighted by Crippen LogP contribution is -2.49. The van der Waals surface area contributed by atoms with E-state index in [2.05, 4.69) is 27.1 Å². The number of aromatic nitrogens is 2. The molecule has 2 N–H and O–H groups in total. The van der Waals surface area contributed by atoms with Gasteiger partial charge in [-0.25, -0.2) is 9.18 Å². The molecule has 2 heterocycles. The number of carbonyl (C=O) groups excluding carboxylic acids is 1. The fourth-order valence-electron chi connectivity index (χ4n) is 4.32. The van der Waals surface area contributed by atoms with Crippen LogP contribution in [0, 0.1) is 11.7 Å². The van der Waals surface area contributed by atoms with E-state index in [1.807, 2.05) is 6.20 Å². The highest BCUT2D eigenvalue weighted by Gasteiger charge is 2.20. The summed E-state index contributed by atoms with van der Waals surface area (Å²) >= 11 is 1.51. The fourth-order valence-corrected chi connectivity index (χ4v) is 5.27. The summed E-state index contributed by atoms with van der Waals surface area (Å²) in [5.41, 5.74) is 1.48. The zero-order chi connectivity index (χ0) is 24.9.